The maximum absolute atomic E-state index is 12.1. The summed E-state index contributed by atoms with van der Waals surface area (Å²) in [6.45, 7) is 2.03. The first-order chi connectivity index (χ1) is 10.5. The number of hydrogen-bond acceptors (Lipinski definition) is 4. The highest BCUT2D eigenvalue weighted by Gasteiger charge is 2.29. The minimum atomic E-state index is -0.380. The van der Waals surface area contributed by atoms with Crippen molar-refractivity contribution in [2.75, 3.05) is 0 Å². The Kier molecular flexibility index (Phi) is 4.02. The summed E-state index contributed by atoms with van der Waals surface area (Å²) >= 11 is 0.880. The maximum atomic E-state index is 12.1. The van der Waals surface area contributed by atoms with E-state index < -0.39 is 0 Å². The van der Waals surface area contributed by atoms with Gasteiger partial charge in [-0.15, -0.1) is 0 Å². The second-order valence-electron chi connectivity index (χ2n) is 5.57. The second kappa shape index (κ2) is 5.96. The van der Waals surface area contributed by atoms with Gasteiger partial charge in [-0.2, -0.15) is 0 Å². The summed E-state index contributed by atoms with van der Waals surface area (Å²) in [5.41, 5.74) is 1.37. The Hall–Kier alpha value is -2.08. The number of amides is 3. The maximum Gasteiger partial charge on any atom is 0.290 e. The van der Waals surface area contributed by atoms with Gasteiger partial charge in [-0.25, -0.2) is 0 Å². The molecule has 5 nitrogen and oxygen atoms in total. The molecule has 1 saturated carbocycles. The quantitative estimate of drug-likeness (QED) is 0.837. The van der Waals surface area contributed by atoms with E-state index >= 15 is 0 Å². The van der Waals surface area contributed by atoms with Crippen LogP contribution in [0, 0.1) is 5.92 Å². The molecule has 2 N–H and O–H groups in total. The average Bonchev–Trinajstić information content (AvgIpc) is 3.27. The Morgan fingerprint density at radius 3 is 2.55 bits per heavy atom. The molecule has 0 aromatic heterocycles. The molecule has 114 valence electrons. The molecule has 6 heteroatoms. The predicted molar refractivity (Wildman–Crippen MR) is 85.2 cm³/mol. The van der Waals surface area contributed by atoms with Gasteiger partial charge in [0.15, 0.2) is 0 Å². The summed E-state index contributed by atoms with van der Waals surface area (Å²) in [4.78, 5) is 35.0. The van der Waals surface area contributed by atoms with Gasteiger partial charge in [-0.1, -0.05) is 12.1 Å². The highest BCUT2D eigenvalue weighted by molar-refractivity contribution is 8.18. The number of nitrogens with one attached hydrogen (secondary N) is 2. The number of carbonyl (C=O) groups excluding carboxylic acids is 3. The van der Waals surface area contributed by atoms with Gasteiger partial charge in [0.25, 0.3) is 17.1 Å². The molecule has 1 aromatic rings. The Morgan fingerprint density at radius 2 is 2.00 bits per heavy atom. The Bertz CT molecular complexity index is 662. The van der Waals surface area contributed by atoms with E-state index in [1.807, 2.05) is 6.92 Å². The van der Waals surface area contributed by atoms with Gasteiger partial charge < -0.3 is 5.32 Å². The fourth-order valence-corrected chi connectivity index (χ4v) is 2.99. The smallest absolute Gasteiger partial charge is 0.290 e. The Labute approximate surface area is 132 Å². The molecule has 0 spiro atoms. The molecule has 0 radical (unpaired) electrons. The van der Waals surface area contributed by atoms with Crippen molar-refractivity contribution in [3.8, 4) is 0 Å². The molecule has 1 saturated heterocycles. The van der Waals surface area contributed by atoms with Crippen molar-refractivity contribution < 1.29 is 14.4 Å². The van der Waals surface area contributed by atoms with E-state index in [4.69, 9.17) is 0 Å². The van der Waals surface area contributed by atoms with Gasteiger partial charge in [0.1, 0.15) is 0 Å². The van der Waals surface area contributed by atoms with Crippen LogP contribution in [0.2, 0.25) is 0 Å². The molecule has 22 heavy (non-hydrogen) atoms. The molecule has 1 aliphatic heterocycles. The lowest BCUT2D eigenvalue weighted by molar-refractivity contribution is -0.115. The van der Waals surface area contributed by atoms with E-state index in [1.54, 1.807) is 30.3 Å². The average molecular weight is 316 g/mol. The fraction of sp³-hybridized carbons (Fsp3) is 0.312. The Balaban J connectivity index is 1.67. The number of rotatable bonds is 4. The summed E-state index contributed by atoms with van der Waals surface area (Å²) in [6, 6.07) is 7.18. The summed E-state index contributed by atoms with van der Waals surface area (Å²) in [5, 5.41) is 4.84. The lowest BCUT2D eigenvalue weighted by atomic mass is 10.1. The monoisotopic (exact) mass is 316 g/mol. The normalized spacial score (nSPS) is 20.9. The highest BCUT2D eigenvalue weighted by Crippen LogP contribution is 2.32. The number of hydrogen-bond donors (Lipinski definition) is 2. The van der Waals surface area contributed by atoms with Gasteiger partial charge in [0, 0.05) is 11.6 Å². The molecule has 1 atom stereocenters. The molecule has 0 bridgehead atoms. The summed E-state index contributed by atoms with van der Waals surface area (Å²) in [5.74, 6) is 0.153. The highest BCUT2D eigenvalue weighted by atomic mass is 32.2. The number of benzene rings is 1. The fourth-order valence-electron chi connectivity index (χ4n) is 2.31. The zero-order valence-corrected chi connectivity index (χ0v) is 12.9. The lowest BCUT2D eigenvalue weighted by Crippen LogP contribution is -2.33. The van der Waals surface area contributed by atoms with Crippen LogP contribution in [0.15, 0.2) is 29.2 Å². The molecule has 1 heterocycles. The van der Waals surface area contributed by atoms with Crippen molar-refractivity contribution in [3.63, 3.8) is 0 Å². The van der Waals surface area contributed by atoms with Crippen LogP contribution in [0.3, 0.4) is 0 Å². The van der Waals surface area contributed by atoms with Crippen LogP contribution in [0.1, 0.15) is 35.7 Å². The van der Waals surface area contributed by atoms with Crippen molar-refractivity contribution in [2.24, 2.45) is 5.92 Å². The molecule has 3 rings (SSSR count). The topological polar surface area (TPSA) is 75.3 Å². The van der Waals surface area contributed by atoms with Gasteiger partial charge in [0.2, 0.25) is 0 Å². The van der Waals surface area contributed by atoms with Gasteiger partial charge in [-0.3, -0.25) is 19.7 Å². The van der Waals surface area contributed by atoms with Crippen LogP contribution < -0.4 is 10.6 Å². The van der Waals surface area contributed by atoms with Crippen LogP contribution in [0.25, 0.3) is 6.08 Å². The summed E-state index contributed by atoms with van der Waals surface area (Å²) < 4.78 is 0. The molecule has 1 aromatic carbocycles. The molecule has 1 unspecified atom stereocenters. The van der Waals surface area contributed by atoms with E-state index in [1.165, 1.54) is 12.8 Å². The number of carbonyl (C=O) groups is 3. The number of thioether (sulfide) groups is 1. The van der Waals surface area contributed by atoms with Gasteiger partial charge >= 0.3 is 0 Å². The second-order valence-corrected chi connectivity index (χ2v) is 6.59. The van der Waals surface area contributed by atoms with E-state index in [9.17, 15) is 14.4 Å². The van der Waals surface area contributed by atoms with E-state index in [0.29, 0.717) is 16.4 Å². The van der Waals surface area contributed by atoms with Gasteiger partial charge in [-0.05, 0) is 61.2 Å². The van der Waals surface area contributed by atoms with Crippen LogP contribution in [-0.4, -0.2) is 23.1 Å². The lowest BCUT2D eigenvalue weighted by Gasteiger charge is -2.12. The predicted octanol–water partition coefficient (Wildman–Crippen LogP) is 2.54. The minimum absolute atomic E-state index is 0.0817. The van der Waals surface area contributed by atoms with Crippen molar-refractivity contribution in [1.82, 2.24) is 10.6 Å². The molecular formula is C16H16N2O3S. The van der Waals surface area contributed by atoms with Crippen LogP contribution in [-0.2, 0) is 4.79 Å². The zero-order valence-electron chi connectivity index (χ0n) is 12.1. The van der Waals surface area contributed by atoms with Crippen molar-refractivity contribution >= 4 is 34.9 Å². The van der Waals surface area contributed by atoms with Crippen molar-refractivity contribution in [3.05, 3.63) is 40.3 Å². The van der Waals surface area contributed by atoms with Crippen molar-refractivity contribution in [1.29, 1.82) is 0 Å². The summed E-state index contributed by atoms with van der Waals surface area (Å²) in [7, 11) is 0. The number of imide groups is 1. The molecule has 1 aliphatic carbocycles. The molecular weight excluding hydrogens is 300 g/mol. The third kappa shape index (κ3) is 3.39. The van der Waals surface area contributed by atoms with E-state index in [0.717, 1.165) is 17.3 Å². The summed E-state index contributed by atoms with van der Waals surface area (Å²) in [6.07, 6.45) is 4.01. The van der Waals surface area contributed by atoms with E-state index in [-0.39, 0.29) is 23.1 Å². The first-order valence-electron chi connectivity index (χ1n) is 7.19. The van der Waals surface area contributed by atoms with E-state index in [2.05, 4.69) is 10.6 Å². The third-order valence-corrected chi connectivity index (χ3v) is 4.61. The minimum Gasteiger partial charge on any atom is -0.349 e. The third-order valence-electron chi connectivity index (χ3n) is 3.80. The first kappa shape index (κ1) is 14.8. The standard InChI is InChI=1S/C16H16N2O3S/c1-9(11-6-7-11)17-14(19)12-4-2-10(3-5-12)8-13-15(20)18-16(21)22-13/h2-5,8-9,11H,6-7H2,1H3,(H,17,19)(H,18,20,21)/b13-8-. The van der Waals surface area contributed by atoms with Crippen LogP contribution >= 0.6 is 11.8 Å². The molecule has 2 fully saturated rings. The largest absolute Gasteiger partial charge is 0.349 e. The van der Waals surface area contributed by atoms with Crippen LogP contribution in [0.4, 0.5) is 4.79 Å². The molecule has 2 aliphatic rings. The van der Waals surface area contributed by atoms with Crippen LogP contribution in [0.5, 0.6) is 0 Å². The Morgan fingerprint density at radius 1 is 1.32 bits per heavy atom. The molecule has 3 amide bonds. The van der Waals surface area contributed by atoms with Gasteiger partial charge in [0.05, 0.1) is 4.91 Å². The zero-order chi connectivity index (χ0) is 15.7. The SMILES string of the molecule is CC(NC(=O)c1ccc(/C=C2\SC(=O)NC2=O)cc1)C1CC1. The first-order valence-corrected chi connectivity index (χ1v) is 8.00. The van der Waals surface area contributed by atoms with Crippen molar-refractivity contribution in [2.45, 2.75) is 25.8 Å².